The van der Waals surface area contributed by atoms with Crippen molar-refractivity contribution in [3.05, 3.63) is 12.2 Å². The Kier molecular flexibility index (Phi) is 5.86. The minimum absolute atomic E-state index is 0.0591. The minimum Gasteiger partial charge on any atom is -0.466 e. The van der Waals surface area contributed by atoms with Crippen LogP contribution in [0.5, 0.6) is 0 Å². The molecule has 0 amide bonds. The maximum Gasteiger partial charge on any atom is 0.311 e. The summed E-state index contributed by atoms with van der Waals surface area (Å²) in [6.45, 7) is 12.5. The average molecular weight is 254 g/mol. The van der Waals surface area contributed by atoms with Gasteiger partial charge in [-0.05, 0) is 33.6 Å². The van der Waals surface area contributed by atoms with Gasteiger partial charge < -0.3 is 9.47 Å². The summed E-state index contributed by atoms with van der Waals surface area (Å²) in [7, 11) is 0. The Labute approximate surface area is 111 Å². The van der Waals surface area contributed by atoms with E-state index in [0.717, 1.165) is 24.8 Å². The van der Waals surface area contributed by atoms with Gasteiger partial charge in [-0.25, -0.2) is 0 Å². The van der Waals surface area contributed by atoms with E-state index in [-0.39, 0.29) is 30.0 Å². The van der Waals surface area contributed by atoms with Crippen LogP contribution in [0.2, 0.25) is 0 Å². The van der Waals surface area contributed by atoms with Crippen molar-refractivity contribution in [2.24, 2.45) is 11.8 Å². The lowest BCUT2D eigenvalue weighted by Crippen LogP contribution is -2.43. The lowest BCUT2D eigenvalue weighted by Gasteiger charge is -2.39. The molecule has 0 aromatic carbocycles. The summed E-state index contributed by atoms with van der Waals surface area (Å²) in [6, 6.07) is 0. The number of carbonyl (C=O) groups is 1. The largest absolute Gasteiger partial charge is 0.466 e. The molecule has 0 N–H and O–H groups in total. The quantitative estimate of drug-likeness (QED) is 0.557. The van der Waals surface area contributed by atoms with Gasteiger partial charge in [-0.1, -0.05) is 25.5 Å². The third-order valence-electron chi connectivity index (χ3n) is 3.71. The van der Waals surface area contributed by atoms with Gasteiger partial charge in [0, 0.05) is 5.92 Å². The van der Waals surface area contributed by atoms with Crippen LogP contribution in [-0.2, 0) is 14.3 Å². The zero-order chi connectivity index (χ0) is 13.7. The Balaban J connectivity index is 2.75. The van der Waals surface area contributed by atoms with Crippen molar-refractivity contribution in [3.63, 3.8) is 0 Å². The van der Waals surface area contributed by atoms with Crippen LogP contribution < -0.4 is 0 Å². The summed E-state index contributed by atoms with van der Waals surface area (Å²) in [5.74, 6) is -0.0125. The number of carbonyl (C=O) groups excluding carboxylic acids is 1. The molecule has 0 radical (unpaired) electrons. The van der Waals surface area contributed by atoms with Gasteiger partial charge in [0.25, 0.3) is 0 Å². The molecule has 18 heavy (non-hydrogen) atoms. The zero-order valence-electron chi connectivity index (χ0n) is 12.1. The van der Waals surface area contributed by atoms with Crippen molar-refractivity contribution in [1.29, 1.82) is 0 Å². The Hall–Kier alpha value is -0.830. The minimum atomic E-state index is -0.153. The van der Waals surface area contributed by atoms with Crippen LogP contribution in [0.25, 0.3) is 0 Å². The fourth-order valence-electron chi connectivity index (χ4n) is 2.69. The second kappa shape index (κ2) is 6.93. The molecule has 0 saturated carbocycles. The van der Waals surface area contributed by atoms with Crippen LogP contribution in [0.15, 0.2) is 12.2 Å². The van der Waals surface area contributed by atoms with Gasteiger partial charge in [0.05, 0.1) is 24.7 Å². The first kappa shape index (κ1) is 15.2. The topological polar surface area (TPSA) is 35.5 Å². The highest BCUT2D eigenvalue weighted by Gasteiger charge is 2.39. The van der Waals surface area contributed by atoms with Gasteiger partial charge in [-0.15, -0.1) is 0 Å². The normalized spacial score (nSPS) is 32.0. The first-order valence-electron chi connectivity index (χ1n) is 6.98. The molecule has 3 nitrogen and oxygen atoms in total. The van der Waals surface area contributed by atoms with E-state index >= 15 is 0 Å². The van der Waals surface area contributed by atoms with Gasteiger partial charge in [-0.2, -0.15) is 0 Å². The second-order valence-corrected chi connectivity index (χ2v) is 5.22. The van der Waals surface area contributed by atoms with Crippen molar-refractivity contribution in [1.82, 2.24) is 0 Å². The summed E-state index contributed by atoms with van der Waals surface area (Å²) in [5, 5.41) is 0. The van der Waals surface area contributed by atoms with Crippen molar-refractivity contribution < 1.29 is 14.3 Å². The predicted molar refractivity (Wildman–Crippen MR) is 72.3 cm³/mol. The number of hydrogen-bond donors (Lipinski definition) is 0. The molecule has 0 unspecified atom stereocenters. The van der Waals surface area contributed by atoms with E-state index in [2.05, 4.69) is 13.5 Å². The van der Waals surface area contributed by atoms with E-state index in [1.807, 2.05) is 20.8 Å². The van der Waals surface area contributed by atoms with Crippen molar-refractivity contribution in [2.75, 3.05) is 6.61 Å². The monoisotopic (exact) mass is 254 g/mol. The standard InChI is InChI=1S/C15H26O3/c1-6-8-14-12(10(3)4)9-13(11(5)18-14)15(16)17-7-2/h11-14H,3,6-9H2,1-2,4-5H3/t11-,12+,13-,14+/m1/s1. The summed E-state index contributed by atoms with van der Waals surface area (Å²) in [5.41, 5.74) is 1.11. The van der Waals surface area contributed by atoms with E-state index in [1.54, 1.807) is 0 Å². The van der Waals surface area contributed by atoms with E-state index < -0.39 is 0 Å². The molecular weight excluding hydrogens is 228 g/mol. The highest BCUT2D eigenvalue weighted by Crippen LogP contribution is 2.36. The smallest absolute Gasteiger partial charge is 0.311 e. The number of esters is 1. The summed E-state index contributed by atoms with van der Waals surface area (Å²) in [4.78, 5) is 11.9. The van der Waals surface area contributed by atoms with Crippen LogP contribution in [0.1, 0.15) is 47.0 Å². The van der Waals surface area contributed by atoms with E-state index in [9.17, 15) is 4.79 Å². The summed E-state index contributed by atoms with van der Waals surface area (Å²) < 4.78 is 11.1. The maximum atomic E-state index is 11.9. The van der Waals surface area contributed by atoms with Gasteiger partial charge >= 0.3 is 5.97 Å². The van der Waals surface area contributed by atoms with Gasteiger partial charge in [0.1, 0.15) is 0 Å². The molecule has 1 aliphatic rings. The molecule has 1 saturated heterocycles. The van der Waals surface area contributed by atoms with E-state index in [1.165, 1.54) is 0 Å². The average Bonchev–Trinajstić information content (AvgIpc) is 2.29. The molecule has 0 bridgehead atoms. The fraction of sp³-hybridized carbons (Fsp3) is 0.800. The van der Waals surface area contributed by atoms with Crippen LogP contribution in [0.3, 0.4) is 0 Å². The Morgan fingerprint density at radius 2 is 2.06 bits per heavy atom. The molecular formula is C15H26O3. The molecule has 4 atom stereocenters. The Morgan fingerprint density at radius 3 is 2.56 bits per heavy atom. The third-order valence-corrected chi connectivity index (χ3v) is 3.71. The van der Waals surface area contributed by atoms with Crippen molar-refractivity contribution >= 4 is 5.97 Å². The SMILES string of the molecule is C=C(C)[C@@H]1C[C@@H](C(=O)OCC)[C@@H](C)O[C@H]1CCC. The van der Waals surface area contributed by atoms with Gasteiger partial charge in [-0.3, -0.25) is 4.79 Å². The molecule has 0 spiro atoms. The number of rotatable bonds is 5. The number of ether oxygens (including phenoxy) is 2. The molecule has 3 heteroatoms. The van der Waals surface area contributed by atoms with E-state index in [0.29, 0.717) is 6.61 Å². The van der Waals surface area contributed by atoms with Crippen LogP contribution >= 0.6 is 0 Å². The Bertz CT molecular complexity index is 298. The molecule has 0 aromatic heterocycles. The summed E-state index contributed by atoms with van der Waals surface area (Å²) in [6.07, 6.45) is 3.06. The molecule has 1 heterocycles. The highest BCUT2D eigenvalue weighted by molar-refractivity contribution is 5.73. The predicted octanol–water partition coefficient (Wildman–Crippen LogP) is 3.34. The lowest BCUT2D eigenvalue weighted by molar-refractivity contribution is -0.165. The third kappa shape index (κ3) is 3.58. The first-order chi connectivity index (χ1) is 8.51. The summed E-state index contributed by atoms with van der Waals surface area (Å²) >= 11 is 0. The van der Waals surface area contributed by atoms with E-state index in [4.69, 9.17) is 9.47 Å². The van der Waals surface area contributed by atoms with Crippen LogP contribution in [-0.4, -0.2) is 24.8 Å². The van der Waals surface area contributed by atoms with Crippen LogP contribution in [0, 0.1) is 11.8 Å². The fourth-order valence-corrected chi connectivity index (χ4v) is 2.69. The van der Waals surface area contributed by atoms with Gasteiger partial charge in [0.2, 0.25) is 0 Å². The maximum absolute atomic E-state index is 11.9. The molecule has 0 aromatic rings. The molecule has 104 valence electrons. The second-order valence-electron chi connectivity index (χ2n) is 5.22. The lowest BCUT2D eigenvalue weighted by atomic mass is 9.79. The first-order valence-corrected chi connectivity index (χ1v) is 6.98. The number of hydrogen-bond acceptors (Lipinski definition) is 3. The molecule has 1 rings (SSSR count). The molecule has 0 aliphatic carbocycles. The Morgan fingerprint density at radius 1 is 1.39 bits per heavy atom. The molecule has 1 aliphatic heterocycles. The van der Waals surface area contributed by atoms with Crippen molar-refractivity contribution in [3.8, 4) is 0 Å². The van der Waals surface area contributed by atoms with Gasteiger partial charge in [0.15, 0.2) is 0 Å². The zero-order valence-corrected chi connectivity index (χ0v) is 12.1. The molecule has 1 fully saturated rings. The highest BCUT2D eigenvalue weighted by atomic mass is 16.5. The van der Waals surface area contributed by atoms with Crippen molar-refractivity contribution in [2.45, 2.75) is 59.2 Å². The van der Waals surface area contributed by atoms with Crippen LogP contribution in [0.4, 0.5) is 0 Å².